The van der Waals surface area contributed by atoms with E-state index in [0.29, 0.717) is 5.92 Å². The molecule has 0 bridgehead atoms. The molecule has 1 unspecified atom stereocenters. The van der Waals surface area contributed by atoms with Crippen LogP contribution < -0.4 is 15.4 Å². The molecular formula is C25H34IN5O. The van der Waals surface area contributed by atoms with E-state index >= 15 is 0 Å². The number of hydrogen-bond acceptors (Lipinski definition) is 3. The largest absolute Gasteiger partial charge is 0.497 e. The molecule has 6 nitrogen and oxygen atoms in total. The van der Waals surface area contributed by atoms with Gasteiger partial charge >= 0.3 is 0 Å². The zero-order valence-electron chi connectivity index (χ0n) is 19.3. The Bertz CT molecular complexity index is 984. The summed E-state index contributed by atoms with van der Waals surface area (Å²) in [6.45, 7) is 6.68. The molecule has 0 saturated carbocycles. The van der Waals surface area contributed by atoms with Gasteiger partial charge in [-0.15, -0.1) is 24.0 Å². The third-order valence-corrected chi connectivity index (χ3v) is 5.51. The molecule has 0 radical (unpaired) electrons. The summed E-state index contributed by atoms with van der Waals surface area (Å²) in [6.07, 6.45) is 4.87. The predicted octanol–water partition coefficient (Wildman–Crippen LogP) is 4.73. The van der Waals surface area contributed by atoms with E-state index in [0.717, 1.165) is 43.6 Å². The van der Waals surface area contributed by atoms with E-state index in [9.17, 15) is 0 Å². The monoisotopic (exact) mass is 547 g/mol. The summed E-state index contributed by atoms with van der Waals surface area (Å²) in [5.41, 5.74) is 3.80. The maximum atomic E-state index is 5.24. The fraction of sp³-hybridized carbons (Fsp3) is 0.360. The van der Waals surface area contributed by atoms with Gasteiger partial charge in [0.25, 0.3) is 0 Å². The van der Waals surface area contributed by atoms with Crippen molar-refractivity contribution in [1.29, 1.82) is 0 Å². The molecule has 1 aromatic heterocycles. The summed E-state index contributed by atoms with van der Waals surface area (Å²) in [5.74, 6) is 3.19. The van der Waals surface area contributed by atoms with Gasteiger partial charge in [-0.2, -0.15) is 0 Å². The number of hydrogen-bond donors (Lipinski definition) is 2. The van der Waals surface area contributed by atoms with Gasteiger partial charge in [-0.1, -0.05) is 43.3 Å². The summed E-state index contributed by atoms with van der Waals surface area (Å²) in [4.78, 5) is 8.65. The zero-order valence-corrected chi connectivity index (χ0v) is 21.7. The van der Waals surface area contributed by atoms with Crippen LogP contribution in [0.2, 0.25) is 0 Å². The lowest BCUT2D eigenvalue weighted by molar-refractivity contribution is 0.414. The molecule has 2 N–H and O–H groups in total. The van der Waals surface area contributed by atoms with Gasteiger partial charge in [0.2, 0.25) is 0 Å². The lowest BCUT2D eigenvalue weighted by atomic mass is 9.98. The van der Waals surface area contributed by atoms with Gasteiger partial charge in [-0.25, -0.2) is 4.98 Å². The van der Waals surface area contributed by atoms with Gasteiger partial charge in [-0.05, 0) is 48.1 Å². The zero-order chi connectivity index (χ0) is 22.1. The Hall–Kier alpha value is -2.55. The van der Waals surface area contributed by atoms with Gasteiger partial charge in [0, 0.05) is 39.1 Å². The van der Waals surface area contributed by atoms with Crippen molar-refractivity contribution < 1.29 is 4.74 Å². The van der Waals surface area contributed by atoms with Crippen LogP contribution in [0.4, 0.5) is 0 Å². The van der Waals surface area contributed by atoms with E-state index in [1.807, 2.05) is 31.5 Å². The maximum absolute atomic E-state index is 5.24. The predicted molar refractivity (Wildman–Crippen MR) is 142 cm³/mol. The molecule has 1 heterocycles. The number of methoxy groups -OCH3 is 1. The van der Waals surface area contributed by atoms with E-state index < -0.39 is 0 Å². The highest BCUT2D eigenvalue weighted by molar-refractivity contribution is 14.0. The highest BCUT2D eigenvalue weighted by Crippen LogP contribution is 2.21. The number of guanidine groups is 1. The smallest absolute Gasteiger partial charge is 0.191 e. The fourth-order valence-corrected chi connectivity index (χ4v) is 3.52. The fourth-order valence-electron chi connectivity index (χ4n) is 3.52. The van der Waals surface area contributed by atoms with Gasteiger partial charge in [0.15, 0.2) is 5.96 Å². The van der Waals surface area contributed by atoms with Crippen LogP contribution in [-0.2, 0) is 13.1 Å². The Balaban J connectivity index is 0.00000363. The minimum Gasteiger partial charge on any atom is -0.497 e. The number of imidazole rings is 1. The Morgan fingerprint density at radius 2 is 1.88 bits per heavy atom. The summed E-state index contributed by atoms with van der Waals surface area (Å²) >= 11 is 0. The first-order valence-corrected chi connectivity index (χ1v) is 10.7. The molecule has 0 spiro atoms. The van der Waals surface area contributed by atoms with Crippen LogP contribution in [0.25, 0.3) is 0 Å². The van der Waals surface area contributed by atoms with Crippen molar-refractivity contribution >= 4 is 29.9 Å². The highest BCUT2D eigenvalue weighted by Gasteiger charge is 2.07. The Kier molecular flexibility index (Phi) is 10.5. The average Bonchev–Trinajstić information content (AvgIpc) is 3.20. The van der Waals surface area contributed by atoms with Crippen molar-refractivity contribution in [1.82, 2.24) is 20.2 Å². The number of rotatable bonds is 9. The number of nitrogens with one attached hydrogen (secondary N) is 2. The first kappa shape index (κ1) is 25.7. The molecule has 0 saturated heterocycles. The third-order valence-electron chi connectivity index (χ3n) is 5.51. The van der Waals surface area contributed by atoms with Crippen molar-refractivity contribution in [2.24, 2.45) is 4.99 Å². The number of aromatic nitrogens is 2. The molecule has 2 aromatic carbocycles. The first-order chi connectivity index (χ1) is 15.1. The van der Waals surface area contributed by atoms with Crippen LogP contribution in [0, 0.1) is 6.92 Å². The topological polar surface area (TPSA) is 63.5 Å². The van der Waals surface area contributed by atoms with Crippen LogP contribution in [0.1, 0.15) is 41.8 Å². The van der Waals surface area contributed by atoms with Crippen LogP contribution in [0.3, 0.4) is 0 Å². The summed E-state index contributed by atoms with van der Waals surface area (Å²) in [5, 5.41) is 6.84. The second-order valence-electron chi connectivity index (χ2n) is 7.74. The van der Waals surface area contributed by atoms with E-state index in [1.54, 1.807) is 14.2 Å². The summed E-state index contributed by atoms with van der Waals surface area (Å²) in [6, 6.07) is 16.9. The summed E-state index contributed by atoms with van der Waals surface area (Å²) in [7, 11) is 3.50. The third kappa shape index (κ3) is 7.55. The normalized spacial score (nSPS) is 12.1. The molecule has 0 aliphatic carbocycles. The Morgan fingerprint density at radius 1 is 1.12 bits per heavy atom. The average molecular weight is 547 g/mol. The lowest BCUT2D eigenvalue weighted by Crippen LogP contribution is -2.37. The van der Waals surface area contributed by atoms with Crippen molar-refractivity contribution in [3.8, 4) is 5.75 Å². The minimum atomic E-state index is 0. The van der Waals surface area contributed by atoms with Crippen molar-refractivity contribution in [3.05, 3.63) is 83.4 Å². The molecule has 32 heavy (non-hydrogen) atoms. The Labute approximate surface area is 208 Å². The molecule has 3 aromatic rings. The second-order valence-corrected chi connectivity index (χ2v) is 7.74. The Morgan fingerprint density at radius 3 is 2.53 bits per heavy atom. The second kappa shape index (κ2) is 13.1. The number of halogens is 1. The molecule has 0 aliphatic heterocycles. The standard InChI is InChI=1S/C25H33N5O.HI/c1-19(23-8-10-24(31-4)11-9-23)12-13-28-25(26-3)29-17-21-6-5-7-22(16-21)18-30-15-14-27-20(30)2;/h5-11,14-16,19H,12-13,17-18H2,1-4H3,(H2,26,28,29);1H. The lowest BCUT2D eigenvalue weighted by Gasteiger charge is -2.16. The molecule has 3 rings (SSSR count). The van der Waals surface area contributed by atoms with Gasteiger partial charge in [0.05, 0.1) is 7.11 Å². The highest BCUT2D eigenvalue weighted by atomic mass is 127. The molecule has 7 heteroatoms. The maximum Gasteiger partial charge on any atom is 0.191 e. The van der Waals surface area contributed by atoms with Crippen LogP contribution in [0.15, 0.2) is 65.9 Å². The van der Waals surface area contributed by atoms with Crippen molar-refractivity contribution in [2.75, 3.05) is 20.7 Å². The van der Waals surface area contributed by atoms with E-state index in [2.05, 4.69) is 68.5 Å². The van der Waals surface area contributed by atoms with Crippen molar-refractivity contribution in [2.45, 2.75) is 39.3 Å². The molecule has 1 atom stereocenters. The van der Waals surface area contributed by atoms with E-state index in [4.69, 9.17) is 4.74 Å². The van der Waals surface area contributed by atoms with Crippen LogP contribution >= 0.6 is 24.0 Å². The quantitative estimate of drug-likeness (QED) is 0.231. The number of benzene rings is 2. The number of nitrogens with zero attached hydrogens (tertiary/aromatic N) is 3. The molecular weight excluding hydrogens is 513 g/mol. The van der Waals surface area contributed by atoms with E-state index in [1.165, 1.54) is 16.7 Å². The van der Waals surface area contributed by atoms with Crippen LogP contribution in [0.5, 0.6) is 5.75 Å². The number of ether oxygens (including phenoxy) is 1. The molecule has 172 valence electrons. The van der Waals surface area contributed by atoms with Gasteiger partial charge in [0.1, 0.15) is 11.6 Å². The molecule has 0 fully saturated rings. The SMILES string of the molecule is CN=C(NCCC(C)c1ccc(OC)cc1)NCc1cccc(Cn2ccnc2C)c1.I. The van der Waals surface area contributed by atoms with Gasteiger partial charge in [-0.3, -0.25) is 4.99 Å². The molecule has 0 amide bonds. The number of aryl methyl sites for hydroxylation is 1. The van der Waals surface area contributed by atoms with Gasteiger partial charge < -0.3 is 19.9 Å². The van der Waals surface area contributed by atoms with Crippen LogP contribution in [-0.4, -0.2) is 36.2 Å². The van der Waals surface area contributed by atoms with Crippen molar-refractivity contribution in [3.63, 3.8) is 0 Å². The first-order valence-electron chi connectivity index (χ1n) is 10.7. The van der Waals surface area contributed by atoms with E-state index in [-0.39, 0.29) is 24.0 Å². The molecule has 0 aliphatic rings. The minimum absolute atomic E-state index is 0. The summed E-state index contributed by atoms with van der Waals surface area (Å²) < 4.78 is 7.39. The number of aliphatic imine (C=N–C) groups is 1.